The van der Waals surface area contributed by atoms with Gasteiger partial charge in [0.25, 0.3) is 0 Å². The fourth-order valence-electron chi connectivity index (χ4n) is 2.07. The smallest absolute Gasteiger partial charge is 0.116 e. The minimum atomic E-state index is 0.932. The van der Waals surface area contributed by atoms with E-state index in [1.165, 1.54) is 0 Å². The summed E-state index contributed by atoms with van der Waals surface area (Å²) in [4.78, 5) is 11.9. The van der Waals surface area contributed by atoms with Gasteiger partial charge in [-0.1, -0.05) is 0 Å². The molecule has 0 spiro atoms. The summed E-state index contributed by atoms with van der Waals surface area (Å²) in [7, 11) is 1.92. The highest BCUT2D eigenvalue weighted by molar-refractivity contribution is 6.09. The van der Waals surface area contributed by atoms with Crippen molar-refractivity contribution in [3.63, 3.8) is 0 Å². The van der Waals surface area contributed by atoms with Crippen LogP contribution in [0.25, 0.3) is 21.9 Å². The van der Waals surface area contributed by atoms with Crippen LogP contribution in [-0.4, -0.2) is 22.0 Å². The molecule has 0 saturated heterocycles. The van der Waals surface area contributed by atoms with E-state index in [1.807, 2.05) is 26.1 Å². The predicted molar refractivity (Wildman–Crippen MR) is 65.7 cm³/mol. The number of H-pyrrole nitrogens is 1. The molecule has 80 valence electrons. The SMILES string of the molecule is CNc1cc(C)[nH]c2ccc3ncnc3c12. The van der Waals surface area contributed by atoms with Gasteiger partial charge in [0.05, 0.1) is 5.52 Å². The van der Waals surface area contributed by atoms with Crippen LogP contribution >= 0.6 is 0 Å². The van der Waals surface area contributed by atoms with Crippen LogP contribution < -0.4 is 5.32 Å². The number of aryl methyl sites for hydroxylation is 1. The van der Waals surface area contributed by atoms with Crippen molar-refractivity contribution in [2.24, 2.45) is 0 Å². The van der Waals surface area contributed by atoms with E-state index in [0.29, 0.717) is 0 Å². The average molecular weight is 212 g/mol. The number of imidazole rings is 1. The summed E-state index contributed by atoms with van der Waals surface area (Å²) < 4.78 is 0. The first-order valence-electron chi connectivity index (χ1n) is 5.20. The topological polar surface area (TPSA) is 53.6 Å². The molecule has 3 rings (SSSR count). The molecule has 0 saturated carbocycles. The number of aromatic amines is 1. The molecule has 0 radical (unpaired) electrons. The van der Waals surface area contributed by atoms with Crippen LogP contribution in [0.15, 0.2) is 24.5 Å². The Labute approximate surface area is 92.7 Å². The number of nitrogens with one attached hydrogen (secondary N) is 2. The molecule has 0 atom stereocenters. The molecule has 0 fully saturated rings. The second kappa shape index (κ2) is 3.20. The van der Waals surface area contributed by atoms with Gasteiger partial charge >= 0.3 is 0 Å². The Kier molecular flexibility index (Phi) is 1.83. The third-order valence-corrected chi connectivity index (χ3v) is 2.77. The van der Waals surface area contributed by atoms with E-state index < -0.39 is 0 Å². The lowest BCUT2D eigenvalue weighted by Crippen LogP contribution is -1.94. The van der Waals surface area contributed by atoms with Gasteiger partial charge in [-0.15, -0.1) is 0 Å². The summed E-state index contributed by atoms with van der Waals surface area (Å²) >= 11 is 0. The summed E-state index contributed by atoms with van der Waals surface area (Å²) in [5.41, 5.74) is 5.16. The van der Waals surface area contributed by atoms with Gasteiger partial charge in [-0.25, -0.2) is 9.97 Å². The molecule has 2 heterocycles. The minimum Gasteiger partial charge on any atom is -0.387 e. The number of pyridine rings is 1. The van der Waals surface area contributed by atoms with E-state index in [0.717, 1.165) is 33.3 Å². The Morgan fingerprint density at radius 1 is 1.25 bits per heavy atom. The number of aromatic nitrogens is 3. The molecule has 2 N–H and O–H groups in total. The van der Waals surface area contributed by atoms with Crippen LogP contribution in [0.2, 0.25) is 0 Å². The average Bonchev–Trinajstić information content (AvgIpc) is 2.75. The Balaban J connectivity index is 2.56. The monoisotopic (exact) mass is 212 g/mol. The number of rotatable bonds is 1. The van der Waals surface area contributed by atoms with Crippen LogP contribution in [-0.2, 0) is 0 Å². The third-order valence-electron chi connectivity index (χ3n) is 2.77. The van der Waals surface area contributed by atoms with Crippen LogP contribution in [0.1, 0.15) is 5.69 Å². The largest absolute Gasteiger partial charge is 0.387 e. The number of benzene rings is 1. The third kappa shape index (κ3) is 1.16. The van der Waals surface area contributed by atoms with Gasteiger partial charge in [0.15, 0.2) is 0 Å². The zero-order valence-corrected chi connectivity index (χ0v) is 9.20. The van der Waals surface area contributed by atoms with Crippen LogP contribution in [0.5, 0.6) is 0 Å². The zero-order valence-electron chi connectivity index (χ0n) is 9.20. The van der Waals surface area contributed by atoms with Crippen LogP contribution in [0.4, 0.5) is 5.69 Å². The molecule has 0 aliphatic heterocycles. The summed E-state index contributed by atoms with van der Waals surface area (Å²) in [6, 6.07) is 6.11. The van der Waals surface area contributed by atoms with Crippen LogP contribution in [0, 0.1) is 6.92 Å². The fraction of sp³-hybridized carbons (Fsp3) is 0.167. The van der Waals surface area contributed by atoms with Crippen molar-refractivity contribution >= 4 is 27.6 Å². The minimum absolute atomic E-state index is 0.932. The summed E-state index contributed by atoms with van der Waals surface area (Å²) in [6.07, 6.45) is 1.60. The molecule has 0 bridgehead atoms. The van der Waals surface area contributed by atoms with Crippen molar-refractivity contribution in [1.82, 2.24) is 15.0 Å². The second-order valence-electron chi connectivity index (χ2n) is 3.85. The molecule has 0 unspecified atom stereocenters. The molecule has 0 aliphatic rings. The van der Waals surface area contributed by atoms with Gasteiger partial charge in [-0.3, -0.25) is 0 Å². The Bertz CT molecular complexity index is 669. The van der Waals surface area contributed by atoms with Crippen LogP contribution in [0.3, 0.4) is 0 Å². The number of hydrogen-bond donors (Lipinski definition) is 2. The van der Waals surface area contributed by atoms with Crippen molar-refractivity contribution in [2.45, 2.75) is 6.92 Å². The predicted octanol–water partition coefficient (Wildman–Crippen LogP) is 2.46. The Hall–Kier alpha value is -2.10. The Morgan fingerprint density at radius 3 is 2.94 bits per heavy atom. The number of fused-ring (bicyclic) bond motifs is 3. The molecule has 2 aromatic heterocycles. The Morgan fingerprint density at radius 2 is 2.12 bits per heavy atom. The van der Waals surface area contributed by atoms with Gasteiger partial charge in [-0.05, 0) is 25.1 Å². The summed E-state index contributed by atoms with van der Waals surface area (Å²) in [5, 5.41) is 4.31. The van der Waals surface area contributed by atoms with Gasteiger partial charge in [-0.2, -0.15) is 0 Å². The normalized spacial score (nSPS) is 11.1. The lowest BCUT2D eigenvalue weighted by molar-refractivity contribution is 1.25. The summed E-state index contributed by atoms with van der Waals surface area (Å²) in [6.45, 7) is 2.04. The van der Waals surface area contributed by atoms with E-state index in [4.69, 9.17) is 0 Å². The first-order chi connectivity index (χ1) is 7.79. The molecule has 4 nitrogen and oxygen atoms in total. The molecular formula is C12H12N4. The van der Waals surface area contributed by atoms with Gasteiger partial charge < -0.3 is 10.3 Å². The van der Waals surface area contributed by atoms with Crippen molar-refractivity contribution in [2.75, 3.05) is 12.4 Å². The van der Waals surface area contributed by atoms with E-state index in [1.54, 1.807) is 6.33 Å². The molecule has 0 aliphatic carbocycles. The maximum atomic E-state index is 4.31. The maximum Gasteiger partial charge on any atom is 0.116 e. The highest BCUT2D eigenvalue weighted by atomic mass is 14.9. The van der Waals surface area contributed by atoms with E-state index in [9.17, 15) is 0 Å². The maximum absolute atomic E-state index is 4.31. The van der Waals surface area contributed by atoms with Gasteiger partial charge in [0, 0.05) is 29.3 Å². The molecule has 16 heavy (non-hydrogen) atoms. The number of anilines is 1. The number of hydrogen-bond acceptors (Lipinski definition) is 3. The second-order valence-corrected chi connectivity index (χ2v) is 3.85. The lowest BCUT2D eigenvalue weighted by Gasteiger charge is -2.08. The first-order valence-corrected chi connectivity index (χ1v) is 5.20. The summed E-state index contributed by atoms with van der Waals surface area (Å²) in [5.74, 6) is 0. The lowest BCUT2D eigenvalue weighted by atomic mass is 10.1. The highest BCUT2D eigenvalue weighted by Crippen LogP contribution is 2.28. The van der Waals surface area contributed by atoms with E-state index in [2.05, 4.69) is 26.3 Å². The van der Waals surface area contributed by atoms with Crippen molar-refractivity contribution in [3.05, 3.63) is 30.2 Å². The highest BCUT2D eigenvalue weighted by Gasteiger charge is 2.08. The van der Waals surface area contributed by atoms with E-state index >= 15 is 0 Å². The zero-order chi connectivity index (χ0) is 11.1. The van der Waals surface area contributed by atoms with Crippen molar-refractivity contribution < 1.29 is 0 Å². The quantitative estimate of drug-likeness (QED) is 0.651. The number of nitrogens with zero attached hydrogens (tertiary/aromatic N) is 2. The molecule has 0 amide bonds. The molecular weight excluding hydrogens is 200 g/mol. The molecule has 4 heteroatoms. The first kappa shape index (κ1) is 9.15. The molecule has 3 aromatic rings. The fourth-order valence-corrected chi connectivity index (χ4v) is 2.07. The van der Waals surface area contributed by atoms with Gasteiger partial charge in [0.1, 0.15) is 11.8 Å². The molecule has 1 aromatic carbocycles. The van der Waals surface area contributed by atoms with E-state index in [-0.39, 0.29) is 0 Å². The standard InChI is InChI=1S/C12H12N4/c1-7-5-10(13-2)11-8(16-7)3-4-9-12(11)15-6-14-9/h3-6,13,16H,1-2H3. The van der Waals surface area contributed by atoms with Gasteiger partial charge in [0.2, 0.25) is 0 Å². The van der Waals surface area contributed by atoms with Crippen molar-refractivity contribution in [3.8, 4) is 0 Å². The van der Waals surface area contributed by atoms with Crippen molar-refractivity contribution in [1.29, 1.82) is 0 Å².